The smallest absolute Gasteiger partial charge is 0.224 e. The highest BCUT2D eigenvalue weighted by molar-refractivity contribution is 5.76. The number of hydrogen-bond donors (Lipinski definition) is 2. The highest BCUT2D eigenvalue weighted by Crippen LogP contribution is 2.16. The summed E-state index contributed by atoms with van der Waals surface area (Å²) in [6.45, 7) is 4.36. The summed E-state index contributed by atoms with van der Waals surface area (Å²) in [4.78, 5) is 19.2. The third-order valence-corrected chi connectivity index (χ3v) is 3.27. The van der Waals surface area contributed by atoms with E-state index in [0.717, 1.165) is 23.6 Å². The van der Waals surface area contributed by atoms with Crippen LogP contribution < -0.4 is 10.1 Å². The number of carbonyl (C=O) groups is 1. The van der Waals surface area contributed by atoms with E-state index in [1.807, 2.05) is 38.1 Å². The van der Waals surface area contributed by atoms with Crippen LogP contribution in [-0.2, 0) is 4.79 Å². The molecule has 1 aromatic carbocycles. The lowest BCUT2D eigenvalue weighted by Crippen LogP contribution is -2.29. The van der Waals surface area contributed by atoms with Crippen LogP contribution in [0.5, 0.6) is 5.75 Å². The molecule has 112 valence electrons. The lowest BCUT2D eigenvalue weighted by molar-refractivity contribution is -0.122. The SMILES string of the molecule is CCC(NC(=O)CCOc1ccccc1C)c1ncc[nH]1. The zero-order valence-electron chi connectivity index (χ0n) is 12.4. The molecular formula is C16H21N3O2. The van der Waals surface area contributed by atoms with Crippen LogP contribution in [0.1, 0.15) is 37.2 Å². The van der Waals surface area contributed by atoms with Crippen LogP contribution in [0.3, 0.4) is 0 Å². The Morgan fingerprint density at radius 2 is 2.24 bits per heavy atom. The van der Waals surface area contributed by atoms with E-state index in [-0.39, 0.29) is 11.9 Å². The maximum atomic E-state index is 11.9. The second-order valence-corrected chi connectivity index (χ2v) is 4.87. The molecular weight excluding hydrogens is 266 g/mol. The number of aryl methyl sites for hydroxylation is 1. The first-order valence-electron chi connectivity index (χ1n) is 7.17. The zero-order chi connectivity index (χ0) is 15.1. The Balaban J connectivity index is 1.78. The third-order valence-electron chi connectivity index (χ3n) is 3.27. The summed E-state index contributed by atoms with van der Waals surface area (Å²) >= 11 is 0. The molecule has 5 heteroatoms. The standard InChI is InChI=1S/C16H21N3O2/c1-3-13(16-17-9-10-18-16)19-15(20)8-11-21-14-7-5-4-6-12(14)2/h4-7,9-10,13H,3,8,11H2,1-2H3,(H,17,18)(H,19,20). The Labute approximate surface area is 124 Å². The van der Waals surface area contributed by atoms with E-state index in [1.165, 1.54) is 0 Å². The number of imidazole rings is 1. The van der Waals surface area contributed by atoms with E-state index < -0.39 is 0 Å². The number of rotatable bonds is 7. The van der Waals surface area contributed by atoms with Gasteiger partial charge in [-0.2, -0.15) is 0 Å². The molecule has 1 heterocycles. The first-order chi connectivity index (χ1) is 10.2. The first kappa shape index (κ1) is 15.1. The molecule has 0 spiro atoms. The highest BCUT2D eigenvalue weighted by Gasteiger charge is 2.14. The van der Waals surface area contributed by atoms with Gasteiger partial charge in [0.15, 0.2) is 0 Å². The van der Waals surface area contributed by atoms with Crippen molar-refractivity contribution in [3.05, 3.63) is 48.0 Å². The van der Waals surface area contributed by atoms with Crippen LogP contribution in [0.15, 0.2) is 36.7 Å². The number of nitrogens with zero attached hydrogens (tertiary/aromatic N) is 1. The number of aromatic amines is 1. The molecule has 1 atom stereocenters. The van der Waals surface area contributed by atoms with Crippen molar-refractivity contribution in [3.8, 4) is 5.75 Å². The maximum absolute atomic E-state index is 11.9. The van der Waals surface area contributed by atoms with Crippen molar-refractivity contribution in [2.75, 3.05) is 6.61 Å². The number of nitrogens with one attached hydrogen (secondary N) is 2. The summed E-state index contributed by atoms with van der Waals surface area (Å²) in [7, 11) is 0. The number of benzene rings is 1. The van der Waals surface area contributed by atoms with Crippen molar-refractivity contribution in [2.45, 2.75) is 32.7 Å². The number of amides is 1. The first-order valence-corrected chi connectivity index (χ1v) is 7.17. The minimum atomic E-state index is -0.0778. The molecule has 5 nitrogen and oxygen atoms in total. The van der Waals surface area contributed by atoms with Crippen molar-refractivity contribution >= 4 is 5.91 Å². The van der Waals surface area contributed by atoms with Crippen LogP contribution in [0.4, 0.5) is 0 Å². The molecule has 0 aliphatic carbocycles. The summed E-state index contributed by atoms with van der Waals surface area (Å²) in [5, 5.41) is 2.96. The fourth-order valence-corrected chi connectivity index (χ4v) is 2.07. The molecule has 0 fully saturated rings. The number of H-pyrrole nitrogens is 1. The molecule has 0 saturated heterocycles. The fourth-order valence-electron chi connectivity index (χ4n) is 2.07. The number of ether oxygens (including phenoxy) is 1. The second-order valence-electron chi connectivity index (χ2n) is 4.87. The summed E-state index contributed by atoms with van der Waals surface area (Å²) in [6.07, 6.45) is 4.56. The van der Waals surface area contributed by atoms with E-state index in [9.17, 15) is 4.79 Å². The van der Waals surface area contributed by atoms with E-state index in [0.29, 0.717) is 13.0 Å². The van der Waals surface area contributed by atoms with Crippen molar-refractivity contribution in [3.63, 3.8) is 0 Å². The quantitative estimate of drug-likeness (QED) is 0.823. The molecule has 0 aliphatic heterocycles. The van der Waals surface area contributed by atoms with Gasteiger partial charge in [-0.1, -0.05) is 25.1 Å². The molecule has 2 N–H and O–H groups in total. The largest absolute Gasteiger partial charge is 0.493 e. The predicted octanol–water partition coefficient (Wildman–Crippen LogP) is 2.75. The number of aromatic nitrogens is 2. The van der Waals surface area contributed by atoms with Gasteiger partial charge in [0.25, 0.3) is 0 Å². The molecule has 1 amide bonds. The van der Waals surface area contributed by atoms with Gasteiger partial charge in [0.05, 0.1) is 19.1 Å². The van der Waals surface area contributed by atoms with E-state index in [4.69, 9.17) is 4.74 Å². The third kappa shape index (κ3) is 4.34. The molecule has 1 aromatic heterocycles. The molecule has 1 unspecified atom stereocenters. The minimum absolute atomic E-state index is 0.0353. The van der Waals surface area contributed by atoms with Crippen molar-refractivity contribution < 1.29 is 9.53 Å². The number of carbonyl (C=O) groups excluding carboxylic acids is 1. The van der Waals surface area contributed by atoms with E-state index >= 15 is 0 Å². The Morgan fingerprint density at radius 1 is 1.43 bits per heavy atom. The van der Waals surface area contributed by atoms with Crippen molar-refractivity contribution in [1.29, 1.82) is 0 Å². The maximum Gasteiger partial charge on any atom is 0.224 e. The summed E-state index contributed by atoms with van der Waals surface area (Å²) < 4.78 is 5.63. The summed E-state index contributed by atoms with van der Waals surface area (Å²) in [5.41, 5.74) is 1.07. The fraction of sp³-hybridized carbons (Fsp3) is 0.375. The van der Waals surface area contributed by atoms with Gasteiger partial charge in [0.2, 0.25) is 5.91 Å². The van der Waals surface area contributed by atoms with Gasteiger partial charge in [0.1, 0.15) is 11.6 Å². The average molecular weight is 287 g/mol. The van der Waals surface area contributed by atoms with Gasteiger partial charge in [0, 0.05) is 12.4 Å². The second kappa shape index (κ2) is 7.47. The lowest BCUT2D eigenvalue weighted by atomic mass is 10.2. The summed E-state index contributed by atoms with van der Waals surface area (Å²) in [6, 6.07) is 7.70. The zero-order valence-corrected chi connectivity index (χ0v) is 12.4. The molecule has 0 bridgehead atoms. The molecule has 2 aromatic rings. The van der Waals surface area contributed by atoms with Crippen LogP contribution in [-0.4, -0.2) is 22.5 Å². The van der Waals surface area contributed by atoms with Gasteiger partial charge in [-0.05, 0) is 25.0 Å². The molecule has 0 aliphatic rings. The number of hydrogen-bond acceptors (Lipinski definition) is 3. The van der Waals surface area contributed by atoms with Gasteiger partial charge < -0.3 is 15.0 Å². The van der Waals surface area contributed by atoms with E-state index in [2.05, 4.69) is 15.3 Å². The molecule has 21 heavy (non-hydrogen) atoms. The van der Waals surface area contributed by atoms with Crippen LogP contribution in [0.25, 0.3) is 0 Å². The Hall–Kier alpha value is -2.30. The lowest BCUT2D eigenvalue weighted by Gasteiger charge is -2.15. The van der Waals surface area contributed by atoms with Crippen LogP contribution >= 0.6 is 0 Å². The normalized spacial score (nSPS) is 11.9. The highest BCUT2D eigenvalue weighted by atomic mass is 16.5. The Bertz CT molecular complexity index is 567. The van der Waals surface area contributed by atoms with Crippen LogP contribution in [0, 0.1) is 6.92 Å². The Kier molecular flexibility index (Phi) is 5.37. The van der Waals surface area contributed by atoms with Gasteiger partial charge >= 0.3 is 0 Å². The minimum Gasteiger partial charge on any atom is -0.493 e. The monoisotopic (exact) mass is 287 g/mol. The van der Waals surface area contributed by atoms with Gasteiger partial charge in [-0.15, -0.1) is 0 Å². The Morgan fingerprint density at radius 3 is 2.90 bits per heavy atom. The van der Waals surface area contributed by atoms with E-state index in [1.54, 1.807) is 12.4 Å². The van der Waals surface area contributed by atoms with Crippen LogP contribution in [0.2, 0.25) is 0 Å². The van der Waals surface area contributed by atoms with Crippen molar-refractivity contribution in [1.82, 2.24) is 15.3 Å². The topological polar surface area (TPSA) is 67.0 Å². The molecule has 0 radical (unpaired) electrons. The molecule has 2 rings (SSSR count). The predicted molar refractivity (Wildman–Crippen MR) is 81.1 cm³/mol. The average Bonchev–Trinajstić information content (AvgIpc) is 3.01. The molecule has 0 saturated carbocycles. The van der Waals surface area contributed by atoms with Gasteiger partial charge in [-0.3, -0.25) is 4.79 Å². The van der Waals surface area contributed by atoms with Crippen molar-refractivity contribution in [2.24, 2.45) is 0 Å². The van der Waals surface area contributed by atoms with Gasteiger partial charge in [-0.25, -0.2) is 4.98 Å². The number of para-hydroxylation sites is 1. The summed E-state index contributed by atoms with van der Waals surface area (Å²) in [5.74, 6) is 1.57.